The fourth-order valence-electron chi connectivity index (χ4n) is 2.71. The Hall–Kier alpha value is -3.24. The summed E-state index contributed by atoms with van der Waals surface area (Å²) in [5.41, 5.74) is 0.106. The number of ether oxygens (including phenoxy) is 2. The van der Waals surface area contributed by atoms with Crippen LogP contribution in [0.2, 0.25) is 0 Å². The zero-order valence-corrected chi connectivity index (χ0v) is 16.7. The van der Waals surface area contributed by atoms with Crippen molar-refractivity contribution in [3.63, 3.8) is 0 Å². The van der Waals surface area contributed by atoms with Crippen LogP contribution in [0.5, 0.6) is 5.75 Å². The Morgan fingerprint density at radius 2 is 1.93 bits per heavy atom. The maximum Gasteiger partial charge on any atom is 0.336 e. The maximum atomic E-state index is 13.6. The lowest BCUT2D eigenvalue weighted by molar-refractivity contribution is -0.144. The van der Waals surface area contributed by atoms with Gasteiger partial charge in [0.1, 0.15) is 28.7 Å². The molecule has 1 N–H and O–H groups in total. The Morgan fingerprint density at radius 3 is 2.67 bits per heavy atom. The van der Waals surface area contributed by atoms with Gasteiger partial charge in [-0.25, -0.2) is 22.3 Å². The van der Waals surface area contributed by atoms with Crippen molar-refractivity contribution in [3.8, 4) is 5.75 Å². The van der Waals surface area contributed by atoms with Crippen LogP contribution >= 0.6 is 0 Å². The predicted molar refractivity (Wildman–Crippen MR) is 105 cm³/mol. The van der Waals surface area contributed by atoms with Gasteiger partial charge in [0.15, 0.2) is 0 Å². The molecule has 0 aliphatic carbocycles. The average Bonchev–Trinajstić information content (AvgIpc) is 2.71. The van der Waals surface area contributed by atoms with Crippen molar-refractivity contribution >= 4 is 27.0 Å². The standard InChI is InChI=1S/C20H18FNO7S/c1-27-14-6-7-15-13(10-20(24)29-17(15)11-14)12-28-19(23)8-9-22-30(25,26)18-5-3-2-4-16(18)21/h2-7,10-11,22H,8-9,12H2,1H3. The van der Waals surface area contributed by atoms with Crippen LogP contribution in [0.4, 0.5) is 4.39 Å². The van der Waals surface area contributed by atoms with E-state index in [1.807, 2.05) is 0 Å². The van der Waals surface area contributed by atoms with Gasteiger partial charge in [-0.15, -0.1) is 0 Å². The molecule has 1 aromatic heterocycles. The van der Waals surface area contributed by atoms with Crippen molar-refractivity contribution in [1.82, 2.24) is 4.72 Å². The number of benzene rings is 2. The fourth-order valence-corrected chi connectivity index (χ4v) is 3.82. The third-order valence-corrected chi connectivity index (χ3v) is 5.67. The van der Waals surface area contributed by atoms with Crippen LogP contribution in [0, 0.1) is 5.82 Å². The quantitative estimate of drug-likeness (QED) is 0.427. The van der Waals surface area contributed by atoms with Gasteiger partial charge in [-0.2, -0.15) is 0 Å². The topological polar surface area (TPSA) is 112 Å². The number of hydrogen-bond acceptors (Lipinski definition) is 7. The molecule has 0 aliphatic heterocycles. The Morgan fingerprint density at radius 1 is 1.17 bits per heavy atom. The minimum absolute atomic E-state index is 0.201. The first-order valence-electron chi connectivity index (χ1n) is 8.81. The maximum absolute atomic E-state index is 13.6. The molecule has 0 aliphatic rings. The van der Waals surface area contributed by atoms with Gasteiger partial charge in [0.05, 0.1) is 13.5 Å². The highest BCUT2D eigenvalue weighted by Crippen LogP contribution is 2.23. The Kier molecular flexibility index (Phi) is 6.48. The van der Waals surface area contributed by atoms with Gasteiger partial charge in [0, 0.05) is 29.6 Å². The van der Waals surface area contributed by atoms with Crippen LogP contribution < -0.4 is 15.1 Å². The monoisotopic (exact) mass is 435 g/mol. The van der Waals surface area contributed by atoms with Crippen LogP contribution in [0.1, 0.15) is 12.0 Å². The highest BCUT2D eigenvalue weighted by Gasteiger charge is 2.18. The van der Waals surface area contributed by atoms with Crippen molar-refractivity contribution in [1.29, 1.82) is 0 Å². The predicted octanol–water partition coefficient (Wildman–Crippen LogP) is 2.35. The van der Waals surface area contributed by atoms with E-state index in [1.165, 1.54) is 25.3 Å². The van der Waals surface area contributed by atoms with Crippen molar-refractivity contribution < 1.29 is 31.5 Å². The summed E-state index contributed by atoms with van der Waals surface area (Å²) < 4.78 is 55.3. The first-order valence-corrected chi connectivity index (χ1v) is 10.3. The SMILES string of the molecule is COc1ccc2c(COC(=O)CCNS(=O)(=O)c3ccccc3F)cc(=O)oc2c1. The van der Waals surface area contributed by atoms with Gasteiger partial charge >= 0.3 is 11.6 Å². The molecule has 1 heterocycles. The van der Waals surface area contributed by atoms with Crippen LogP contribution in [-0.4, -0.2) is 28.0 Å². The summed E-state index contributed by atoms with van der Waals surface area (Å²) in [6, 6.07) is 11.0. The number of nitrogens with one attached hydrogen (secondary N) is 1. The Labute approximate surface area is 171 Å². The Bertz CT molecular complexity index is 1240. The molecule has 10 heteroatoms. The van der Waals surface area contributed by atoms with E-state index in [1.54, 1.807) is 18.2 Å². The van der Waals surface area contributed by atoms with Gasteiger partial charge in [0.25, 0.3) is 0 Å². The number of carbonyl (C=O) groups excluding carboxylic acids is 1. The fraction of sp³-hybridized carbons (Fsp3) is 0.200. The number of rotatable bonds is 8. The molecule has 0 spiro atoms. The smallest absolute Gasteiger partial charge is 0.336 e. The molecule has 0 bridgehead atoms. The van der Waals surface area contributed by atoms with E-state index in [0.717, 1.165) is 12.1 Å². The lowest BCUT2D eigenvalue weighted by Gasteiger charge is -2.09. The van der Waals surface area contributed by atoms with Gasteiger partial charge in [0.2, 0.25) is 10.0 Å². The van der Waals surface area contributed by atoms with Crippen LogP contribution in [0.15, 0.2) is 62.6 Å². The van der Waals surface area contributed by atoms with E-state index in [9.17, 15) is 22.4 Å². The van der Waals surface area contributed by atoms with Crippen molar-refractivity contribution in [2.45, 2.75) is 17.9 Å². The van der Waals surface area contributed by atoms with Crippen molar-refractivity contribution in [2.75, 3.05) is 13.7 Å². The second-order valence-corrected chi connectivity index (χ2v) is 7.93. The molecule has 0 unspecified atom stereocenters. The normalized spacial score (nSPS) is 11.4. The minimum atomic E-state index is -4.09. The van der Waals surface area contributed by atoms with Gasteiger partial charge in [-0.05, 0) is 24.3 Å². The molecule has 0 fully saturated rings. The third-order valence-electron chi connectivity index (χ3n) is 4.17. The first kappa shape index (κ1) is 21.5. The average molecular weight is 435 g/mol. The highest BCUT2D eigenvalue weighted by molar-refractivity contribution is 7.89. The molecule has 2 aromatic carbocycles. The number of carbonyl (C=O) groups is 1. The summed E-state index contributed by atoms with van der Waals surface area (Å²) in [5, 5.41) is 0.573. The number of methoxy groups -OCH3 is 1. The molecule has 0 radical (unpaired) electrons. The van der Waals surface area contributed by atoms with Crippen LogP contribution in [0.3, 0.4) is 0 Å². The van der Waals surface area contributed by atoms with E-state index in [2.05, 4.69) is 4.72 Å². The molecule has 158 valence electrons. The molecule has 3 rings (SSSR count). The number of halogens is 1. The lowest BCUT2D eigenvalue weighted by atomic mass is 10.1. The van der Waals surface area contributed by atoms with Gasteiger partial charge in [-0.1, -0.05) is 12.1 Å². The lowest BCUT2D eigenvalue weighted by Crippen LogP contribution is -2.27. The molecular weight excluding hydrogens is 417 g/mol. The van der Waals surface area contributed by atoms with Crippen LogP contribution in [0.25, 0.3) is 11.0 Å². The number of sulfonamides is 1. The second-order valence-electron chi connectivity index (χ2n) is 6.19. The summed E-state index contributed by atoms with van der Waals surface area (Å²) >= 11 is 0. The Balaban J connectivity index is 1.60. The summed E-state index contributed by atoms with van der Waals surface area (Å²) in [5.74, 6) is -1.08. The molecule has 3 aromatic rings. The summed E-state index contributed by atoms with van der Waals surface area (Å²) in [6.07, 6.45) is -0.277. The largest absolute Gasteiger partial charge is 0.497 e. The zero-order chi connectivity index (χ0) is 21.7. The summed E-state index contributed by atoms with van der Waals surface area (Å²) in [7, 11) is -2.62. The summed E-state index contributed by atoms with van der Waals surface area (Å²) in [4.78, 5) is 23.2. The van der Waals surface area contributed by atoms with E-state index in [-0.39, 0.29) is 25.2 Å². The second kappa shape index (κ2) is 9.06. The third kappa shape index (κ3) is 5.02. The van der Waals surface area contributed by atoms with Gasteiger partial charge < -0.3 is 13.9 Å². The molecule has 0 saturated heterocycles. The molecule has 0 atom stereocenters. The molecule has 0 amide bonds. The van der Waals surface area contributed by atoms with E-state index in [4.69, 9.17) is 13.9 Å². The van der Waals surface area contributed by atoms with Gasteiger partial charge in [-0.3, -0.25) is 4.79 Å². The first-order chi connectivity index (χ1) is 14.3. The molecule has 0 saturated carbocycles. The van der Waals surface area contributed by atoms with E-state index >= 15 is 0 Å². The summed E-state index contributed by atoms with van der Waals surface area (Å²) in [6.45, 7) is -0.475. The highest BCUT2D eigenvalue weighted by atomic mass is 32.2. The number of fused-ring (bicyclic) bond motifs is 1. The molecule has 8 nitrogen and oxygen atoms in total. The van der Waals surface area contributed by atoms with E-state index < -0.39 is 32.3 Å². The van der Waals surface area contributed by atoms with Crippen molar-refractivity contribution in [3.05, 3.63) is 70.3 Å². The van der Waals surface area contributed by atoms with Crippen molar-refractivity contribution in [2.24, 2.45) is 0 Å². The minimum Gasteiger partial charge on any atom is -0.497 e. The number of esters is 1. The number of hydrogen-bond donors (Lipinski definition) is 1. The van der Waals surface area contributed by atoms with E-state index in [0.29, 0.717) is 16.7 Å². The molecular formula is C20H18FNO7S. The zero-order valence-electron chi connectivity index (χ0n) is 15.9. The molecule has 30 heavy (non-hydrogen) atoms. The van der Waals surface area contributed by atoms with Crippen LogP contribution in [-0.2, 0) is 26.2 Å².